The number of carbonyl (C=O) groups is 1. The lowest BCUT2D eigenvalue weighted by atomic mass is 10.1. The monoisotopic (exact) mass is 324 g/mol. The molecule has 6 heteroatoms. The van der Waals surface area contributed by atoms with Crippen LogP contribution in [0.4, 0.5) is 5.82 Å². The second-order valence-electron chi connectivity index (χ2n) is 5.50. The molecule has 3 aromatic rings. The maximum absolute atomic E-state index is 10.7. The number of hydrogen-bond acceptors (Lipinski definition) is 6. The molecule has 0 saturated carbocycles. The van der Waals surface area contributed by atoms with Crippen LogP contribution in [0.2, 0.25) is 0 Å². The molecule has 2 N–H and O–H groups in total. The zero-order valence-corrected chi connectivity index (χ0v) is 13.6. The Morgan fingerprint density at radius 2 is 1.88 bits per heavy atom. The molecule has 24 heavy (non-hydrogen) atoms. The van der Waals surface area contributed by atoms with E-state index in [9.17, 15) is 4.79 Å². The molecule has 1 aromatic heterocycles. The number of carbonyl (C=O) groups excluding carboxylic acids is 1. The number of esters is 1. The summed E-state index contributed by atoms with van der Waals surface area (Å²) in [5.41, 5.74) is 0. The largest absolute Gasteiger partial charge is 0.465 e. The van der Waals surface area contributed by atoms with E-state index in [1.807, 2.05) is 12.1 Å². The van der Waals surface area contributed by atoms with Crippen LogP contribution in [0.15, 0.2) is 42.6 Å². The quantitative estimate of drug-likeness (QED) is 0.395. The topological polar surface area (TPSA) is 76.1 Å². The summed E-state index contributed by atoms with van der Waals surface area (Å²) in [6.45, 7) is 3.88. The third-order valence-corrected chi connectivity index (χ3v) is 3.71. The van der Waals surface area contributed by atoms with Crippen LogP contribution in [0.5, 0.6) is 0 Å². The first-order valence-electron chi connectivity index (χ1n) is 7.96. The Balaban J connectivity index is 1.62. The number of anilines is 1. The van der Waals surface area contributed by atoms with Gasteiger partial charge in [-0.25, -0.2) is 0 Å². The fraction of sp³-hybridized carbons (Fsp3) is 0.278. The molecule has 0 amide bonds. The van der Waals surface area contributed by atoms with Gasteiger partial charge in [-0.1, -0.05) is 24.3 Å². The molecule has 0 unspecified atom stereocenters. The molecule has 2 aromatic carbocycles. The fourth-order valence-corrected chi connectivity index (χ4v) is 2.56. The maximum Gasteiger partial charge on any atom is 0.302 e. The van der Waals surface area contributed by atoms with Gasteiger partial charge in [0.1, 0.15) is 6.61 Å². The maximum atomic E-state index is 10.7. The molecule has 0 aliphatic carbocycles. The van der Waals surface area contributed by atoms with Crippen molar-refractivity contribution in [2.45, 2.75) is 6.92 Å². The summed E-state index contributed by atoms with van der Waals surface area (Å²) in [7, 11) is 0. The van der Waals surface area contributed by atoms with Crippen LogP contribution in [-0.4, -0.2) is 42.4 Å². The number of nitrogens with zero attached hydrogens (tertiary/aromatic N) is 2. The Bertz CT molecular complexity index is 851. The van der Waals surface area contributed by atoms with E-state index in [4.69, 9.17) is 4.74 Å². The summed E-state index contributed by atoms with van der Waals surface area (Å²) in [5, 5.41) is 19.3. The van der Waals surface area contributed by atoms with Gasteiger partial charge >= 0.3 is 5.97 Å². The van der Waals surface area contributed by atoms with Crippen molar-refractivity contribution in [3.8, 4) is 0 Å². The highest BCUT2D eigenvalue weighted by Gasteiger charge is 2.05. The van der Waals surface area contributed by atoms with Gasteiger partial charge in [0.15, 0.2) is 5.82 Å². The highest BCUT2D eigenvalue weighted by atomic mass is 16.5. The minimum absolute atomic E-state index is 0.256. The summed E-state index contributed by atoms with van der Waals surface area (Å²) in [6, 6.07) is 12.5. The van der Waals surface area contributed by atoms with Crippen molar-refractivity contribution in [3.05, 3.63) is 42.6 Å². The van der Waals surface area contributed by atoms with E-state index in [1.54, 1.807) is 6.20 Å². The Morgan fingerprint density at radius 1 is 1.08 bits per heavy atom. The second kappa shape index (κ2) is 7.70. The van der Waals surface area contributed by atoms with Gasteiger partial charge in [0, 0.05) is 37.3 Å². The Hall–Kier alpha value is -2.73. The highest BCUT2D eigenvalue weighted by Crippen LogP contribution is 2.25. The van der Waals surface area contributed by atoms with Gasteiger partial charge in [-0.2, -0.15) is 5.10 Å². The lowest BCUT2D eigenvalue weighted by Crippen LogP contribution is -2.26. The van der Waals surface area contributed by atoms with Gasteiger partial charge in [0.05, 0.1) is 6.20 Å². The van der Waals surface area contributed by atoms with Gasteiger partial charge in [-0.3, -0.25) is 4.79 Å². The van der Waals surface area contributed by atoms with E-state index in [2.05, 4.69) is 45.1 Å². The number of rotatable bonds is 7. The van der Waals surface area contributed by atoms with Gasteiger partial charge < -0.3 is 15.4 Å². The molecule has 3 rings (SSSR count). The zero-order valence-electron chi connectivity index (χ0n) is 13.6. The van der Waals surface area contributed by atoms with Crippen LogP contribution in [0.1, 0.15) is 6.92 Å². The van der Waals surface area contributed by atoms with Gasteiger partial charge in [0.2, 0.25) is 0 Å². The number of hydrogen-bond donors (Lipinski definition) is 2. The smallest absolute Gasteiger partial charge is 0.302 e. The van der Waals surface area contributed by atoms with Crippen molar-refractivity contribution in [2.24, 2.45) is 0 Å². The molecule has 1 heterocycles. The van der Waals surface area contributed by atoms with Crippen molar-refractivity contribution >= 4 is 33.3 Å². The summed E-state index contributed by atoms with van der Waals surface area (Å²) >= 11 is 0. The van der Waals surface area contributed by atoms with Crippen molar-refractivity contribution in [1.82, 2.24) is 15.5 Å². The fourth-order valence-electron chi connectivity index (χ4n) is 2.56. The average molecular weight is 324 g/mol. The summed E-state index contributed by atoms with van der Waals surface area (Å²) in [4.78, 5) is 10.7. The van der Waals surface area contributed by atoms with Crippen LogP contribution < -0.4 is 10.6 Å². The first-order valence-corrected chi connectivity index (χ1v) is 7.96. The van der Waals surface area contributed by atoms with Crippen LogP contribution in [0.25, 0.3) is 21.5 Å². The number of ether oxygens (including phenoxy) is 1. The minimum Gasteiger partial charge on any atom is -0.465 e. The van der Waals surface area contributed by atoms with Gasteiger partial charge in [-0.05, 0) is 22.9 Å². The summed E-state index contributed by atoms with van der Waals surface area (Å²) in [6.07, 6.45) is 1.78. The van der Waals surface area contributed by atoms with Crippen LogP contribution >= 0.6 is 0 Å². The van der Waals surface area contributed by atoms with E-state index in [0.717, 1.165) is 23.1 Å². The number of benzene rings is 2. The molecule has 124 valence electrons. The van der Waals surface area contributed by atoms with Crippen molar-refractivity contribution in [3.63, 3.8) is 0 Å². The van der Waals surface area contributed by atoms with E-state index in [-0.39, 0.29) is 5.97 Å². The van der Waals surface area contributed by atoms with Crippen molar-refractivity contribution in [1.29, 1.82) is 0 Å². The first-order chi connectivity index (χ1) is 11.7. The molecular formula is C18H20N4O2. The molecule has 0 radical (unpaired) electrons. The Labute approximate surface area is 140 Å². The molecule has 0 saturated heterocycles. The van der Waals surface area contributed by atoms with Gasteiger partial charge in [0.25, 0.3) is 0 Å². The second-order valence-corrected chi connectivity index (χ2v) is 5.50. The Morgan fingerprint density at radius 3 is 2.67 bits per heavy atom. The average Bonchev–Trinajstić information content (AvgIpc) is 2.59. The molecule has 6 nitrogen and oxygen atoms in total. The standard InChI is InChI=1S/C18H20N4O2/c1-13(23)24-9-8-19-6-7-20-18-17-11-15-5-3-2-4-14(15)10-16(17)12-21-22-18/h2-5,10-12,19H,6-9H2,1H3,(H,20,22). The first kappa shape index (κ1) is 16.1. The van der Waals surface area contributed by atoms with Crippen LogP contribution in [0.3, 0.4) is 0 Å². The van der Waals surface area contributed by atoms with Gasteiger partial charge in [-0.15, -0.1) is 5.10 Å². The number of fused-ring (bicyclic) bond motifs is 2. The molecule has 0 bridgehead atoms. The SMILES string of the molecule is CC(=O)OCCNCCNc1nncc2cc3ccccc3cc12. The lowest BCUT2D eigenvalue weighted by molar-refractivity contribution is -0.140. The molecule has 0 aliphatic rings. The molecular weight excluding hydrogens is 304 g/mol. The van der Waals surface area contributed by atoms with E-state index < -0.39 is 0 Å². The van der Waals surface area contributed by atoms with E-state index in [1.165, 1.54) is 17.7 Å². The molecule has 0 spiro atoms. The van der Waals surface area contributed by atoms with Crippen molar-refractivity contribution < 1.29 is 9.53 Å². The highest BCUT2D eigenvalue weighted by molar-refractivity contribution is 6.02. The van der Waals surface area contributed by atoms with E-state index in [0.29, 0.717) is 19.7 Å². The minimum atomic E-state index is -0.256. The molecule has 0 aliphatic heterocycles. The van der Waals surface area contributed by atoms with Crippen LogP contribution in [0, 0.1) is 0 Å². The Kier molecular flexibility index (Phi) is 5.18. The lowest BCUT2D eigenvalue weighted by Gasteiger charge is -2.10. The molecule has 0 atom stereocenters. The zero-order chi connectivity index (χ0) is 16.8. The summed E-state index contributed by atoms with van der Waals surface area (Å²) in [5.74, 6) is 0.522. The predicted molar refractivity (Wildman–Crippen MR) is 95.0 cm³/mol. The third-order valence-electron chi connectivity index (χ3n) is 3.71. The number of aromatic nitrogens is 2. The van der Waals surface area contributed by atoms with Crippen molar-refractivity contribution in [2.75, 3.05) is 31.6 Å². The predicted octanol–water partition coefficient (Wildman–Crippen LogP) is 2.35. The summed E-state index contributed by atoms with van der Waals surface area (Å²) < 4.78 is 4.86. The molecule has 0 fully saturated rings. The third kappa shape index (κ3) is 3.97. The van der Waals surface area contributed by atoms with Crippen LogP contribution in [-0.2, 0) is 9.53 Å². The normalized spacial score (nSPS) is 10.9. The van der Waals surface area contributed by atoms with E-state index >= 15 is 0 Å². The number of nitrogens with one attached hydrogen (secondary N) is 2.